The summed E-state index contributed by atoms with van der Waals surface area (Å²) in [6, 6.07) is 14.6. The van der Waals surface area contributed by atoms with Gasteiger partial charge in [0.25, 0.3) is 0 Å². The Bertz CT molecular complexity index is 809. The first kappa shape index (κ1) is 19.5. The van der Waals surface area contributed by atoms with Crippen LogP contribution in [0.4, 0.5) is 0 Å². The highest BCUT2D eigenvalue weighted by atomic mass is 32.2. The van der Waals surface area contributed by atoms with Crippen molar-refractivity contribution in [2.24, 2.45) is 0 Å². The number of hydrogen-bond donors (Lipinski definition) is 0. The first-order valence-corrected chi connectivity index (χ1v) is 10.1. The molecular formula is C21H28O3S. The van der Waals surface area contributed by atoms with E-state index in [1.54, 1.807) is 38.1 Å². The second-order valence-electron chi connectivity index (χ2n) is 7.96. The summed E-state index contributed by atoms with van der Waals surface area (Å²) < 4.78 is 30.3. The molecule has 0 N–H and O–H groups in total. The Morgan fingerprint density at radius 3 is 1.64 bits per heavy atom. The minimum atomic E-state index is -3.36. The molecule has 0 atom stereocenters. The van der Waals surface area contributed by atoms with Crippen LogP contribution >= 0.6 is 0 Å². The largest absolute Gasteiger partial charge is 0.457 e. The quantitative estimate of drug-likeness (QED) is 0.683. The summed E-state index contributed by atoms with van der Waals surface area (Å²) in [5, 5.41) is 0. The zero-order valence-electron chi connectivity index (χ0n) is 16.0. The van der Waals surface area contributed by atoms with E-state index < -0.39 is 14.6 Å². The van der Waals surface area contributed by atoms with Crippen LogP contribution in [0, 0.1) is 0 Å². The highest BCUT2D eigenvalue weighted by Gasteiger charge is 2.33. The fourth-order valence-electron chi connectivity index (χ4n) is 2.35. The molecule has 25 heavy (non-hydrogen) atoms. The van der Waals surface area contributed by atoms with Crippen molar-refractivity contribution >= 4 is 9.84 Å². The van der Waals surface area contributed by atoms with E-state index in [-0.39, 0.29) is 5.41 Å². The smallest absolute Gasteiger partial charge is 0.183 e. The molecule has 0 bridgehead atoms. The van der Waals surface area contributed by atoms with Gasteiger partial charge < -0.3 is 4.74 Å². The molecule has 0 radical (unpaired) electrons. The number of rotatable bonds is 5. The molecule has 0 amide bonds. The Morgan fingerprint density at radius 2 is 1.24 bits per heavy atom. The summed E-state index contributed by atoms with van der Waals surface area (Å²) in [4.78, 5) is 0.329. The second kappa shape index (κ2) is 6.83. The molecule has 0 aliphatic rings. The van der Waals surface area contributed by atoms with Crippen molar-refractivity contribution in [3.8, 4) is 11.5 Å². The molecule has 2 aromatic carbocycles. The zero-order chi connectivity index (χ0) is 18.9. The van der Waals surface area contributed by atoms with Crippen LogP contribution in [-0.4, -0.2) is 13.2 Å². The number of hydrogen-bond acceptors (Lipinski definition) is 3. The van der Waals surface area contributed by atoms with E-state index in [0.717, 1.165) is 5.75 Å². The van der Waals surface area contributed by atoms with Gasteiger partial charge in [-0.15, -0.1) is 0 Å². The average Bonchev–Trinajstić information content (AvgIpc) is 2.55. The third-order valence-electron chi connectivity index (χ3n) is 4.67. The summed E-state index contributed by atoms with van der Waals surface area (Å²) in [6.45, 7) is 11.9. The van der Waals surface area contributed by atoms with E-state index in [1.807, 2.05) is 19.1 Å². The molecule has 136 valence electrons. The Hall–Kier alpha value is -1.81. The lowest BCUT2D eigenvalue weighted by atomic mass is 9.87. The van der Waals surface area contributed by atoms with Gasteiger partial charge in [0.15, 0.2) is 9.84 Å². The van der Waals surface area contributed by atoms with E-state index in [0.29, 0.717) is 17.1 Å². The molecule has 0 aromatic heterocycles. The summed E-state index contributed by atoms with van der Waals surface area (Å²) in [5.41, 5.74) is 1.34. The monoisotopic (exact) mass is 360 g/mol. The van der Waals surface area contributed by atoms with Gasteiger partial charge in [-0.3, -0.25) is 0 Å². The Kier molecular flexibility index (Phi) is 5.33. The van der Waals surface area contributed by atoms with Gasteiger partial charge in [0.05, 0.1) is 9.64 Å². The van der Waals surface area contributed by atoms with Crippen molar-refractivity contribution in [1.29, 1.82) is 0 Å². The van der Waals surface area contributed by atoms with Crippen LogP contribution in [0.1, 0.15) is 53.5 Å². The molecule has 0 spiro atoms. The van der Waals surface area contributed by atoms with Crippen LogP contribution in [0.15, 0.2) is 53.4 Å². The van der Waals surface area contributed by atoms with Crippen LogP contribution < -0.4 is 4.74 Å². The van der Waals surface area contributed by atoms with E-state index in [2.05, 4.69) is 32.9 Å². The molecule has 0 heterocycles. The minimum absolute atomic E-state index is 0.0978. The van der Waals surface area contributed by atoms with Crippen LogP contribution in [-0.2, 0) is 15.3 Å². The molecule has 4 heteroatoms. The van der Waals surface area contributed by atoms with Gasteiger partial charge in [-0.2, -0.15) is 0 Å². The molecule has 0 saturated heterocycles. The molecule has 0 fully saturated rings. The van der Waals surface area contributed by atoms with Gasteiger partial charge in [-0.25, -0.2) is 8.42 Å². The maximum Gasteiger partial charge on any atom is 0.183 e. The van der Waals surface area contributed by atoms with Gasteiger partial charge >= 0.3 is 0 Å². The maximum absolute atomic E-state index is 12.6. The highest BCUT2D eigenvalue weighted by molar-refractivity contribution is 7.92. The van der Waals surface area contributed by atoms with Crippen molar-refractivity contribution in [3.63, 3.8) is 0 Å². The van der Waals surface area contributed by atoms with Crippen molar-refractivity contribution < 1.29 is 13.2 Å². The highest BCUT2D eigenvalue weighted by Crippen LogP contribution is 2.31. The lowest BCUT2D eigenvalue weighted by Gasteiger charge is -2.23. The molecule has 0 saturated carbocycles. The SMILES string of the molecule is CCC(C)(C)S(=O)(=O)c1ccc(Oc2ccc(C(C)(C)C)cc2)cc1. The second-order valence-corrected chi connectivity index (χ2v) is 10.5. The number of benzene rings is 2. The molecule has 0 aliphatic heterocycles. The van der Waals surface area contributed by atoms with Gasteiger partial charge in [0.1, 0.15) is 11.5 Å². The zero-order valence-corrected chi connectivity index (χ0v) is 16.8. The Morgan fingerprint density at radius 1 is 0.800 bits per heavy atom. The lowest BCUT2D eigenvalue weighted by molar-refractivity contribution is 0.480. The van der Waals surface area contributed by atoms with Crippen LogP contribution in [0.5, 0.6) is 11.5 Å². The normalized spacial score (nSPS) is 12.9. The topological polar surface area (TPSA) is 43.4 Å². The predicted molar refractivity (Wildman–Crippen MR) is 103 cm³/mol. The van der Waals surface area contributed by atoms with Crippen LogP contribution in [0.3, 0.4) is 0 Å². The molecule has 3 nitrogen and oxygen atoms in total. The van der Waals surface area contributed by atoms with E-state index in [4.69, 9.17) is 4.74 Å². The molecule has 0 aliphatic carbocycles. The minimum Gasteiger partial charge on any atom is -0.457 e. The van der Waals surface area contributed by atoms with Crippen molar-refractivity contribution in [3.05, 3.63) is 54.1 Å². The summed E-state index contributed by atoms with van der Waals surface area (Å²) >= 11 is 0. The first-order chi connectivity index (χ1) is 11.5. The van der Waals surface area contributed by atoms with Gasteiger partial charge in [-0.1, -0.05) is 39.8 Å². The predicted octanol–water partition coefficient (Wildman–Crippen LogP) is 5.74. The van der Waals surface area contributed by atoms with E-state index in [9.17, 15) is 8.42 Å². The molecule has 0 unspecified atom stereocenters. The first-order valence-electron chi connectivity index (χ1n) is 8.60. The summed E-state index contributed by atoms with van der Waals surface area (Å²) in [5.74, 6) is 1.36. The maximum atomic E-state index is 12.6. The Balaban J connectivity index is 2.19. The van der Waals surface area contributed by atoms with Crippen molar-refractivity contribution in [2.45, 2.75) is 63.0 Å². The number of ether oxygens (including phenoxy) is 1. The third kappa shape index (κ3) is 4.24. The van der Waals surface area contributed by atoms with Gasteiger partial charge in [0, 0.05) is 0 Å². The third-order valence-corrected chi connectivity index (χ3v) is 7.31. The van der Waals surface area contributed by atoms with Crippen LogP contribution in [0.2, 0.25) is 0 Å². The van der Waals surface area contributed by atoms with Crippen molar-refractivity contribution in [1.82, 2.24) is 0 Å². The average molecular weight is 361 g/mol. The molecule has 2 rings (SSSR count). The van der Waals surface area contributed by atoms with Gasteiger partial charge in [0.2, 0.25) is 0 Å². The van der Waals surface area contributed by atoms with Gasteiger partial charge in [-0.05, 0) is 67.6 Å². The molecular weight excluding hydrogens is 332 g/mol. The Labute approximate surface area is 152 Å². The number of sulfone groups is 1. The van der Waals surface area contributed by atoms with Crippen molar-refractivity contribution in [2.75, 3.05) is 0 Å². The van der Waals surface area contributed by atoms with Crippen LogP contribution in [0.25, 0.3) is 0 Å². The van der Waals surface area contributed by atoms with E-state index >= 15 is 0 Å². The fourth-order valence-corrected chi connectivity index (χ4v) is 3.87. The molecule has 2 aromatic rings. The summed E-state index contributed by atoms with van der Waals surface area (Å²) in [7, 11) is -3.36. The standard InChI is InChI=1S/C21H28O3S/c1-7-21(5,6)25(22,23)19-14-12-18(13-15-19)24-17-10-8-16(9-11-17)20(2,3)4/h8-15H,7H2,1-6H3. The fraction of sp³-hybridized carbons (Fsp3) is 0.429. The summed E-state index contributed by atoms with van der Waals surface area (Å²) in [6.07, 6.45) is 0.563. The lowest BCUT2D eigenvalue weighted by Crippen LogP contribution is -2.30. The van der Waals surface area contributed by atoms with E-state index in [1.165, 1.54) is 5.56 Å².